The normalized spacial score (nSPS) is 23.1. The van der Waals surface area contributed by atoms with Crippen LogP contribution in [0.3, 0.4) is 0 Å². The minimum Gasteiger partial charge on any atom is -0.493 e. The molecule has 0 saturated carbocycles. The van der Waals surface area contributed by atoms with Gasteiger partial charge >= 0.3 is 0 Å². The molecular formula is C28H38N4O3. The third-order valence-electron chi connectivity index (χ3n) is 7.53. The van der Waals surface area contributed by atoms with Crippen LogP contribution in [0, 0.1) is 11.8 Å². The number of carbonyl (C=O) groups is 1. The molecule has 1 amide bonds. The summed E-state index contributed by atoms with van der Waals surface area (Å²) < 4.78 is 11.7. The summed E-state index contributed by atoms with van der Waals surface area (Å²) in [7, 11) is 0. The molecule has 1 aromatic carbocycles. The van der Waals surface area contributed by atoms with Gasteiger partial charge < -0.3 is 14.8 Å². The van der Waals surface area contributed by atoms with Crippen molar-refractivity contribution >= 4 is 5.91 Å². The second-order valence-electron chi connectivity index (χ2n) is 10.2. The van der Waals surface area contributed by atoms with Crippen LogP contribution in [0.5, 0.6) is 5.75 Å². The van der Waals surface area contributed by atoms with Crippen molar-refractivity contribution in [2.24, 2.45) is 11.8 Å². The van der Waals surface area contributed by atoms with Crippen molar-refractivity contribution in [1.82, 2.24) is 20.1 Å². The van der Waals surface area contributed by atoms with Gasteiger partial charge in [-0.25, -0.2) is 0 Å². The van der Waals surface area contributed by atoms with Gasteiger partial charge in [0.05, 0.1) is 25.7 Å². The molecule has 1 aromatic heterocycles. The van der Waals surface area contributed by atoms with Crippen molar-refractivity contribution in [1.29, 1.82) is 0 Å². The summed E-state index contributed by atoms with van der Waals surface area (Å²) in [5.74, 6) is 1.42. The summed E-state index contributed by atoms with van der Waals surface area (Å²) in [6.45, 7) is 8.22. The standard InChI is InChI=1S/C28H38N4O3/c33-28(30-10-11-31-12-14-34-15-13-31)26-16-23(19-32(20-26)18-22-6-8-29-9-7-22)21-35-27-5-4-24-2-1-3-25(24)17-27/h4-9,17,23,26H,1-3,10-16,18-21H2,(H,30,33)/t23-,26+/m0/s1. The largest absolute Gasteiger partial charge is 0.493 e. The van der Waals surface area contributed by atoms with Crippen LogP contribution in [0.4, 0.5) is 0 Å². The molecule has 2 saturated heterocycles. The van der Waals surface area contributed by atoms with Gasteiger partial charge in [0, 0.05) is 64.1 Å². The second kappa shape index (κ2) is 12.0. The first-order valence-corrected chi connectivity index (χ1v) is 13.2. The number of hydrogen-bond donors (Lipinski definition) is 1. The number of fused-ring (bicyclic) bond motifs is 1. The van der Waals surface area contributed by atoms with E-state index < -0.39 is 0 Å². The first-order valence-electron chi connectivity index (χ1n) is 13.2. The Morgan fingerprint density at radius 1 is 1.06 bits per heavy atom. The summed E-state index contributed by atoms with van der Waals surface area (Å²) in [6.07, 6.45) is 8.12. The maximum Gasteiger partial charge on any atom is 0.224 e. The smallest absolute Gasteiger partial charge is 0.224 e. The predicted octanol–water partition coefficient (Wildman–Crippen LogP) is 2.54. The molecule has 1 N–H and O–H groups in total. The molecule has 3 aliphatic rings. The number of ether oxygens (including phenoxy) is 2. The molecule has 2 aromatic rings. The number of rotatable bonds is 9. The summed E-state index contributed by atoms with van der Waals surface area (Å²) >= 11 is 0. The lowest BCUT2D eigenvalue weighted by Crippen LogP contribution is -2.48. The van der Waals surface area contributed by atoms with Crippen molar-refractivity contribution in [2.75, 3.05) is 59.1 Å². The lowest BCUT2D eigenvalue weighted by molar-refractivity contribution is -0.127. The van der Waals surface area contributed by atoms with Gasteiger partial charge in [-0.2, -0.15) is 0 Å². The molecule has 7 nitrogen and oxygen atoms in total. The Morgan fingerprint density at radius 2 is 1.89 bits per heavy atom. The van der Waals surface area contributed by atoms with E-state index in [1.807, 2.05) is 12.4 Å². The fraction of sp³-hybridized carbons (Fsp3) is 0.571. The van der Waals surface area contributed by atoms with Crippen molar-refractivity contribution in [3.8, 4) is 5.75 Å². The van der Waals surface area contributed by atoms with E-state index in [1.54, 1.807) is 0 Å². The van der Waals surface area contributed by atoms with Gasteiger partial charge in [0.1, 0.15) is 5.75 Å². The summed E-state index contributed by atoms with van der Waals surface area (Å²) in [5.41, 5.74) is 4.13. The van der Waals surface area contributed by atoms with E-state index in [2.05, 4.69) is 50.4 Å². The fourth-order valence-corrected chi connectivity index (χ4v) is 5.65. The van der Waals surface area contributed by atoms with E-state index in [0.717, 1.165) is 71.1 Å². The maximum absolute atomic E-state index is 13.2. The van der Waals surface area contributed by atoms with Crippen LogP contribution >= 0.6 is 0 Å². The van der Waals surface area contributed by atoms with Gasteiger partial charge in [-0.3, -0.25) is 19.6 Å². The zero-order chi connectivity index (χ0) is 23.9. The molecule has 1 aliphatic carbocycles. The molecule has 5 rings (SSSR count). The van der Waals surface area contributed by atoms with Gasteiger partial charge in [-0.15, -0.1) is 0 Å². The third-order valence-corrected chi connectivity index (χ3v) is 7.53. The Balaban J connectivity index is 1.18. The molecule has 2 fully saturated rings. The quantitative estimate of drug-likeness (QED) is 0.598. The minimum atomic E-state index is -0.0242. The first-order chi connectivity index (χ1) is 17.2. The summed E-state index contributed by atoms with van der Waals surface area (Å²) in [5, 5.41) is 3.21. The number of nitrogens with zero attached hydrogens (tertiary/aromatic N) is 3. The van der Waals surface area contributed by atoms with Crippen molar-refractivity contribution in [2.45, 2.75) is 32.2 Å². The van der Waals surface area contributed by atoms with Gasteiger partial charge in [0.2, 0.25) is 5.91 Å². The van der Waals surface area contributed by atoms with Crippen molar-refractivity contribution in [3.05, 3.63) is 59.4 Å². The number of nitrogens with one attached hydrogen (secondary N) is 1. The highest BCUT2D eigenvalue weighted by molar-refractivity contribution is 5.79. The summed E-state index contributed by atoms with van der Waals surface area (Å²) in [4.78, 5) is 22.1. The van der Waals surface area contributed by atoms with E-state index in [-0.39, 0.29) is 11.8 Å². The zero-order valence-corrected chi connectivity index (χ0v) is 20.7. The van der Waals surface area contributed by atoms with Crippen LogP contribution in [0.25, 0.3) is 0 Å². The number of aromatic nitrogens is 1. The summed E-state index contributed by atoms with van der Waals surface area (Å²) in [6, 6.07) is 10.7. The predicted molar refractivity (Wildman–Crippen MR) is 135 cm³/mol. The Morgan fingerprint density at radius 3 is 2.74 bits per heavy atom. The second-order valence-corrected chi connectivity index (χ2v) is 10.2. The van der Waals surface area contributed by atoms with E-state index in [4.69, 9.17) is 9.47 Å². The SMILES string of the molecule is O=C(NCCN1CCOCC1)[C@@H]1C[C@H](COc2ccc3c(c2)CCC3)CN(Cc2ccncc2)C1. The van der Waals surface area contributed by atoms with E-state index in [9.17, 15) is 4.79 Å². The third kappa shape index (κ3) is 6.81. The highest BCUT2D eigenvalue weighted by atomic mass is 16.5. The van der Waals surface area contributed by atoms with E-state index >= 15 is 0 Å². The maximum atomic E-state index is 13.2. The van der Waals surface area contributed by atoms with Crippen LogP contribution in [0.15, 0.2) is 42.7 Å². The van der Waals surface area contributed by atoms with Gasteiger partial charge in [-0.1, -0.05) is 6.07 Å². The average Bonchev–Trinajstić information content (AvgIpc) is 3.37. The molecule has 2 aliphatic heterocycles. The number of likely N-dealkylation sites (tertiary alicyclic amines) is 1. The number of morpholine rings is 1. The van der Waals surface area contributed by atoms with Crippen LogP contribution in [-0.2, 0) is 28.9 Å². The molecule has 3 heterocycles. The van der Waals surface area contributed by atoms with Crippen molar-refractivity contribution in [3.63, 3.8) is 0 Å². The highest BCUT2D eigenvalue weighted by Gasteiger charge is 2.32. The molecular weight excluding hydrogens is 440 g/mol. The molecule has 0 spiro atoms. The molecule has 0 radical (unpaired) electrons. The number of piperidine rings is 1. The number of hydrogen-bond acceptors (Lipinski definition) is 6. The van der Waals surface area contributed by atoms with Crippen LogP contribution in [0.2, 0.25) is 0 Å². The lowest BCUT2D eigenvalue weighted by Gasteiger charge is -2.37. The van der Waals surface area contributed by atoms with Gasteiger partial charge in [-0.05, 0) is 66.6 Å². The molecule has 0 unspecified atom stereocenters. The molecule has 2 atom stereocenters. The van der Waals surface area contributed by atoms with Crippen molar-refractivity contribution < 1.29 is 14.3 Å². The highest BCUT2D eigenvalue weighted by Crippen LogP contribution is 2.28. The zero-order valence-electron chi connectivity index (χ0n) is 20.7. The minimum absolute atomic E-state index is 0.0242. The number of aryl methyl sites for hydroxylation is 2. The topological polar surface area (TPSA) is 66.9 Å². The van der Waals surface area contributed by atoms with Crippen LogP contribution in [-0.4, -0.2) is 79.8 Å². The Labute approximate surface area is 208 Å². The number of benzene rings is 1. The number of carbonyl (C=O) groups excluding carboxylic acids is 1. The number of amides is 1. The van der Waals surface area contributed by atoms with Gasteiger partial charge in [0.25, 0.3) is 0 Å². The molecule has 188 valence electrons. The average molecular weight is 479 g/mol. The van der Waals surface area contributed by atoms with Crippen LogP contribution < -0.4 is 10.1 Å². The number of pyridine rings is 1. The fourth-order valence-electron chi connectivity index (χ4n) is 5.65. The lowest BCUT2D eigenvalue weighted by atomic mass is 9.88. The Hall–Kier alpha value is -2.48. The molecule has 7 heteroatoms. The van der Waals surface area contributed by atoms with E-state index in [1.165, 1.54) is 29.5 Å². The van der Waals surface area contributed by atoms with Gasteiger partial charge in [0.15, 0.2) is 0 Å². The molecule has 0 bridgehead atoms. The van der Waals surface area contributed by atoms with Crippen LogP contribution in [0.1, 0.15) is 29.5 Å². The Bertz CT molecular complexity index is 964. The molecule has 35 heavy (non-hydrogen) atoms. The van der Waals surface area contributed by atoms with E-state index in [0.29, 0.717) is 19.1 Å². The first kappa shape index (κ1) is 24.2. The Kier molecular flexibility index (Phi) is 8.29. The monoisotopic (exact) mass is 478 g/mol.